The summed E-state index contributed by atoms with van der Waals surface area (Å²) in [6, 6.07) is 6.14. The predicted octanol–water partition coefficient (Wildman–Crippen LogP) is 2.41. The molecule has 22 heavy (non-hydrogen) atoms. The number of aromatic hydroxyl groups is 2. The standard InChI is InChI=1S/C14H16N2O4S2/c1-9-10(4-5-11(17)14(9)18)12-6-7-13(21-12)22(19,20)15-8-16(2)3/h4-8,17-18H,1-3H3. The molecule has 0 saturated heterocycles. The van der Waals surface area contributed by atoms with Crippen molar-refractivity contribution < 1.29 is 18.6 Å². The molecule has 0 radical (unpaired) electrons. The lowest BCUT2D eigenvalue weighted by atomic mass is 10.1. The first-order valence-corrected chi connectivity index (χ1v) is 8.56. The molecule has 1 aromatic carbocycles. The van der Waals surface area contributed by atoms with E-state index in [4.69, 9.17) is 0 Å². The van der Waals surface area contributed by atoms with Crippen LogP contribution in [0, 0.1) is 6.92 Å². The molecule has 1 aromatic heterocycles. The fourth-order valence-corrected chi connectivity index (χ4v) is 4.06. The topological polar surface area (TPSA) is 90.2 Å². The maximum absolute atomic E-state index is 12.1. The molecule has 0 spiro atoms. The lowest BCUT2D eigenvalue weighted by molar-refractivity contribution is 0.401. The van der Waals surface area contributed by atoms with E-state index in [1.165, 1.54) is 23.4 Å². The van der Waals surface area contributed by atoms with Crippen LogP contribution in [0.4, 0.5) is 0 Å². The number of thiophene rings is 1. The Kier molecular flexibility index (Phi) is 4.43. The van der Waals surface area contributed by atoms with Gasteiger partial charge in [-0.05, 0) is 36.8 Å². The number of sulfonamides is 1. The number of phenolic OH excluding ortho intramolecular Hbond substituents is 2. The first-order chi connectivity index (χ1) is 10.2. The summed E-state index contributed by atoms with van der Waals surface area (Å²) in [5, 5.41) is 19.2. The predicted molar refractivity (Wildman–Crippen MR) is 87.2 cm³/mol. The Labute approximate surface area is 133 Å². The summed E-state index contributed by atoms with van der Waals surface area (Å²) in [7, 11) is -0.375. The lowest BCUT2D eigenvalue weighted by Crippen LogP contribution is -2.09. The van der Waals surface area contributed by atoms with Gasteiger partial charge in [0.2, 0.25) is 0 Å². The summed E-state index contributed by atoms with van der Waals surface area (Å²) in [5.41, 5.74) is 1.15. The summed E-state index contributed by atoms with van der Waals surface area (Å²) in [6.07, 6.45) is 1.23. The van der Waals surface area contributed by atoms with Gasteiger partial charge in [-0.25, -0.2) is 0 Å². The van der Waals surface area contributed by atoms with Crippen molar-refractivity contribution >= 4 is 27.7 Å². The van der Waals surface area contributed by atoms with Crippen LogP contribution in [0.3, 0.4) is 0 Å². The van der Waals surface area contributed by atoms with E-state index in [1.807, 2.05) is 0 Å². The van der Waals surface area contributed by atoms with E-state index in [2.05, 4.69) is 4.40 Å². The molecule has 0 aliphatic carbocycles. The number of nitrogens with zero attached hydrogens (tertiary/aromatic N) is 2. The number of hydrogen-bond donors (Lipinski definition) is 2. The van der Waals surface area contributed by atoms with Crippen molar-refractivity contribution in [1.29, 1.82) is 0 Å². The molecule has 118 valence electrons. The second kappa shape index (κ2) is 5.98. The molecule has 0 aliphatic rings. The van der Waals surface area contributed by atoms with Gasteiger partial charge in [-0.3, -0.25) is 0 Å². The average molecular weight is 340 g/mol. The Bertz CT molecular complexity index is 823. The van der Waals surface area contributed by atoms with Gasteiger partial charge < -0.3 is 15.1 Å². The van der Waals surface area contributed by atoms with Crippen LogP contribution in [0.25, 0.3) is 10.4 Å². The summed E-state index contributed by atoms with van der Waals surface area (Å²) >= 11 is 1.06. The van der Waals surface area contributed by atoms with E-state index in [9.17, 15) is 18.6 Å². The molecular formula is C14H16N2O4S2. The van der Waals surface area contributed by atoms with Gasteiger partial charge in [-0.2, -0.15) is 8.42 Å². The fraction of sp³-hybridized carbons (Fsp3) is 0.214. The normalized spacial score (nSPS) is 12.0. The Morgan fingerprint density at radius 2 is 1.86 bits per heavy atom. The smallest absolute Gasteiger partial charge is 0.293 e. The van der Waals surface area contributed by atoms with E-state index in [1.54, 1.807) is 33.2 Å². The van der Waals surface area contributed by atoms with Crippen LogP contribution >= 0.6 is 11.3 Å². The molecule has 0 unspecified atom stereocenters. The van der Waals surface area contributed by atoms with Gasteiger partial charge in [-0.15, -0.1) is 15.7 Å². The molecule has 6 nitrogen and oxygen atoms in total. The number of benzene rings is 1. The Morgan fingerprint density at radius 3 is 2.50 bits per heavy atom. The van der Waals surface area contributed by atoms with Crippen LogP contribution in [0.2, 0.25) is 0 Å². The average Bonchev–Trinajstić information content (AvgIpc) is 2.93. The third kappa shape index (κ3) is 3.23. The summed E-state index contributed by atoms with van der Waals surface area (Å²) in [4.78, 5) is 2.21. The highest BCUT2D eigenvalue weighted by Crippen LogP contribution is 2.39. The maximum atomic E-state index is 12.1. The van der Waals surface area contributed by atoms with E-state index in [0.29, 0.717) is 16.0 Å². The van der Waals surface area contributed by atoms with Crippen molar-refractivity contribution in [2.75, 3.05) is 14.1 Å². The molecule has 1 heterocycles. The van der Waals surface area contributed by atoms with Gasteiger partial charge in [0.15, 0.2) is 11.5 Å². The van der Waals surface area contributed by atoms with Crippen molar-refractivity contribution in [2.24, 2.45) is 4.40 Å². The Morgan fingerprint density at radius 1 is 1.18 bits per heavy atom. The first kappa shape index (κ1) is 16.3. The summed E-state index contributed by atoms with van der Waals surface area (Å²) < 4.78 is 27.9. The van der Waals surface area contributed by atoms with Crippen LogP contribution < -0.4 is 0 Å². The second-order valence-electron chi connectivity index (χ2n) is 4.88. The van der Waals surface area contributed by atoms with Crippen molar-refractivity contribution in [3.05, 3.63) is 29.8 Å². The van der Waals surface area contributed by atoms with E-state index < -0.39 is 10.0 Å². The molecule has 0 saturated carbocycles. The van der Waals surface area contributed by atoms with Crippen LogP contribution in [-0.4, -0.2) is 44.0 Å². The molecule has 2 rings (SSSR count). The highest BCUT2D eigenvalue weighted by Gasteiger charge is 2.18. The van der Waals surface area contributed by atoms with Gasteiger partial charge in [0.05, 0.1) is 0 Å². The number of rotatable bonds is 4. The molecule has 0 amide bonds. The third-order valence-corrected chi connectivity index (χ3v) is 5.74. The van der Waals surface area contributed by atoms with Gasteiger partial charge in [0.1, 0.15) is 10.5 Å². The summed E-state index contributed by atoms with van der Waals surface area (Å²) in [6.45, 7) is 1.66. The van der Waals surface area contributed by atoms with Crippen molar-refractivity contribution in [3.8, 4) is 21.9 Å². The molecule has 0 atom stereocenters. The maximum Gasteiger partial charge on any atom is 0.293 e. The largest absolute Gasteiger partial charge is 0.504 e. The zero-order valence-electron chi connectivity index (χ0n) is 12.3. The van der Waals surface area contributed by atoms with E-state index >= 15 is 0 Å². The monoisotopic (exact) mass is 340 g/mol. The van der Waals surface area contributed by atoms with Crippen LogP contribution in [0.5, 0.6) is 11.5 Å². The molecule has 0 bridgehead atoms. The zero-order valence-corrected chi connectivity index (χ0v) is 13.9. The van der Waals surface area contributed by atoms with Gasteiger partial charge in [0, 0.05) is 24.5 Å². The first-order valence-electron chi connectivity index (χ1n) is 6.31. The highest BCUT2D eigenvalue weighted by molar-refractivity contribution is 7.92. The van der Waals surface area contributed by atoms with Gasteiger partial charge >= 0.3 is 0 Å². The quantitative estimate of drug-likeness (QED) is 0.507. The molecule has 2 aromatic rings. The second-order valence-corrected chi connectivity index (χ2v) is 7.83. The van der Waals surface area contributed by atoms with Crippen LogP contribution in [0.1, 0.15) is 5.56 Å². The summed E-state index contributed by atoms with van der Waals surface area (Å²) in [5.74, 6) is -0.415. The Balaban J connectivity index is 2.43. The van der Waals surface area contributed by atoms with Gasteiger partial charge in [0.25, 0.3) is 10.0 Å². The van der Waals surface area contributed by atoms with Gasteiger partial charge in [-0.1, -0.05) is 0 Å². The highest BCUT2D eigenvalue weighted by atomic mass is 32.2. The minimum atomic E-state index is -3.74. The number of phenols is 2. The fourth-order valence-electron chi connectivity index (χ4n) is 1.76. The third-order valence-electron chi connectivity index (χ3n) is 2.93. The van der Waals surface area contributed by atoms with E-state index in [-0.39, 0.29) is 15.7 Å². The molecule has 0 fully saturated rings. The number of hydrogen-bond acceptors (Lipinski definition) is 5. The lowest BCUT2D eigenvalue weighted by Gasteiger charge is -2.07. The zero-order chi connectivity index (χ0) is 16.5. The molecule has 8 heteroatoms. The van der Waals surface area contributed by atoms with Crippen LogP contribution in [0.15, 0.2) is 32.9 Å². The minimum Gasteiger partial charge on any atom is -0.504 e. The molecular weight excluding hydrogens is 324 g/mol. The SMILES string of the molecule is Cc1c(-c2ccc(S(=O)(=O)N=CN(C)C)s2)ccc(O)c1O. The van der Waals surface area contributed by atoms with Crippen molar-refractivity contribution in [2.45, 2.75) is 11.1 Å². The van der Waals surface area contributed by atoms with Crippen molar-refractivity contribution in [3.63, 3.8) is 0 Å². The van der Waals surface area contributed by atoms with Crippen molar-refractivity contribution in [1.82, 2.24) is 4.90 Å². The molecule has 2 N–H and O–H groups in total. The van der Waals surface area contributed by atoms with Crippen LogP contribution in [-0.2, 0) is 10.0 Å². The Hall–Kier alpha value is -2.06. The minimum absolute atomic E-state index is 0.118. The molecule has 0 aliphatic heterocycles. The van der Waals surface area contributed by atoms with E-state index in [0.717, 1.165) is 11.3 Å².